The van der Waals surface area contributed by atoms with Crippen molar-refractivity contribution in [2.75, 3.05) is 0 Å². The van der Waals surface area contributed by atoms with Crippen molar-refractivity contribution in [1.29, 1.82) is 0 Å². The number of hydrogen-bond acceptors (Lipinski definition) is 2. The molecule has 3 nitrogen and oxygen atoms in total. The number of carboxylic acids is 1. The zero-order valence-corrected chi connectivity index (χ0v) is 22.4. The number of hydrogen-bond donors (Lipinski definition) is 2. The number of aliphatic hydroxyl groups is 1. The van der Waals surface area contributed by atoms with Gasteiger partial charge >= 0.3 is 5.97 Å². The Hall–Kier alpha value is -0.570. The second-order valence-electron chi connectivity index (χ2n) is 15.1. The minimum absolute atomic E-state index is 0.181. The Bertz CT molecular complexity index is 819. The number of carbonyl (C=O) groups is 1. The van der Waals surface area contributed by atoms with Crippen molar-refractivity contribution in [3.05, 3.63) is 0 Å². The van der Waals surface area contributed by atoms with Crippen LogP contribution >= 0.6 is 0 Å². The van der Waals surface area contributed by atoms with Gasteiger partial charge in [-0.1, -0.05) is 48.5 Å². The fraction of sp³-hybridized carbons (Fsp3) is 0.967. The lowest BCUT2D eigenvalue weighted by atomic mass is 9.31. The summed E-state index contributed by atoms with van der Waals surface area (Å²) in [5.74, 6) is 2.75. The summed E-state index contributed by atoms with van der Waals surface area (Å²) < 4.78 is 0. The van der Waals surface area contributed by atoms with Crippen LogP contribution in [-0.2, 0) is 4.79 Å². The molecule has 0 spiro atoms. The first kappa shape index (κ1) is 24.1. The third kappa shape index (κ3) is 2.93. The Balaban J connectivity index is 1.57. The molecular formula is C30H50O3. The number of aliphatic hydroxyl groups excluding tert-OH is 1. The average molecular weight is 459 g/mol. The number of rotatable bonds is 1. The van der Waals surface area contributed by atoms with E-state index in [4.69, 9.17) is 0 Å². The van der Waals surface area contributed by atoms with Gasteiger partial charge in [-0.25, -0.2) is 0 Å². The first-order chi connectivity index (χ1) is 15.2. The highest BCUT2D eigenvalue weighted by molar-refractivity contribution is 5.75. The van der Waals surface area contributed by atoms with Crippen LogP contribution in [0.3, 0.4) is 0 Å². The molecule has 0 aliphatic heterocycles. The Kier molecular flexibility index (Phi) is 5.29. The van der Waals surface area contributed by atoms with Crippen molar-refractivity contribution in [3.8, 4) is 0 Å². The summed E-state index contributed by atoms with van der Waals surface area (Å²) in [6.45, 7) is 17.3. The first-order valence-corrected chi connectivity index (χ1v) is 14.1. The van der Waals surface area contributed by atoms with Gasteiger partial charge in [-0.3, -0.25) is 4.79 Å². The Morgan fingerprint density at radius 3 is 2.15 bits per heavy atom. The molecule has 0 heterocycles. The van der Waals surface area contributed by atoms with Crippen molar-refractivity contribution >= 4 is 5.97 Å². The SMILES string of the molecule is C[C@H]1[C@H](C)CC[C@]2(C(=O)O)CC[C@]3(C)C(CC[C@@H]4[C@@]5(C)C[C@H](O)CC(C)(C)[C@@H]5CC[C@]43C)[C@H]12. The monoisotopic (exact) mass is 458 g/mol. The minimum Gasteiger partial charge on any atom is -0.481 e. The first-order valence-electron chi connectivity index (χ1n) is 14.1. The van der Waals surface area contributed by atoms with Crippen LogP contribution < -0.4 is 0 Å². The van der Waals surface area contributed by atoms with Crippen LogP contribution in [0, 0.1) is 62.6 Å². The van der Waals surface area contributed by atoms with Gasteiger partial charge in [0.15, 0.2) is 0 Å². The molecule has 0 bridgehead atoms. The summed E-state index contributed by atoms with van der Waals surface area (Å²) in [5.41, 5.74) is 0.326. The number of fused-ring (bicyclic) bond motifs is 7. The van der Waals surface area contributed by atoms with E-state index in [-0.39, 0.29) is 27.8 Å². The minimum atomic E-state index is -0.506. The topological polar surface area (TPSA) is 57.5 Å². The predicted molar refractivity (Wildman–Crippen MR) is 133 cm³/mol. The van der Waals surface area contributed by atoms with Gasteiger partial charge in [0.05, 0.1) is 11.5 Å². The summed E-state index contributed by atoms with van der Waals surface area (Å²) in [6.07, 6.45) is 10.6. The summed E-state index contributed by atoms with van der Waals surface area (Å²) in [6, 6.07) is 0. The molecule has 0 radical (unpaired) electrons. The highest BCUT2D eigenvalue weighted by Crippen LogP contribution is 2.77. The third-order valence-corrected chi connectivity index (χ3v) is 13.7. The van der Waals surface area contributed by atoms with Gasteiger partial charge < -0.3 is 10.2 Å². The Labute approximate surface area is 202 Å². The van der Waals surface area contributed by atoms with Crippen molar-refractivity contribution in [2.45, 2.75) is 119 Å². The van der Waals surface area contributed by atoms with Crippen LogP contribution in [0.15, 0.2) is 0 Å². The van der Waals surface area contributed by atoms with E-state index in [1.54, 1.807) is 0 Å². The summed E-state index contributed by atoms with van der Waals surface area (Å²) >= 11 is 0. The van der Waals surface area contributed by atoms with E-state index in [9.17, 15) is 15.0 Å². The second kappa shape index (κ2) is 7.23. The highest BCUT2D eigenvalue weighted by Gasteiger charge is 2.71. The molecule has 5 aliphatic carbocycles. The zero-order chi connectivity index (χ0) is 24.2. The molecular weight excluding hydrogens is 408 g/mol. The third-order valence-electron chi connectivity index (χ3n) is 13.7. The highest BCUT2D eigenvalue weighted by atomic mass is 16.4. The fourth-order valence-corrected chi connectivity index (χ4v) is 11.9. The molecule has 0 aromatic carbocycles. The van der Waals surface area contributed by atoms with Gasteiger partial charge in [0, 0.05) is 0 Å². The Morgan fingerprint density at radius 1 is 0.788 bits per heavy atom. The molecule has 33 heavy (non-hydrogen) atoms. The van der Waals surface area contributed by atoms with Gasteiger partial charge in [-0.15, -0.1) is 0 Å². The quantitative estimate of drug-likeness (QED) is 0.438. The molecule has 3 heteroatoms. The zero-order valence-electron chi connectivity index (χ0n) is 22.4. The molecule has 5 rings (SSSR count). The lowest BCUT2D eigenvalue weighted by Gasteiger charge is -2.73. The summed E-state index contributed by atoms with van der Waals surface area (Å²) in [5, 5.41) is 21.5. The van der Waals surface area contributed by atoms with Crippen LogP contribution in [0.5, 0.6) is 0 Å². The maximum absolute atomic E-state index is 12.8. The van der Waals surface area contributed by atoms with Crippen molar-refractivity contribution in [2.24, 2.45) is 62.6 Å². The molecule has 5 aliphatic rings. The van der Waals surface area contributed by atoms with Gasteiger partial charge in [0.1, 0.15) is 0 Å². The van der Waals surface area contributed by atoms with Crippen LogP contribution in [0.1, 0.15) is 113 Å². The van der Waals surface area contributed by atoms with E-state index in [1.165, 1.54) is 25.7 Å². The maximum Gasteiger partial charge on any atom is 0.309 e. The predicted octanol–water partition coefficient (Wildman–Crippen LogP) is 7.17. The molecule has 5 fully saturated rings. The molecule has 0 aromatic rings. The van der Waals surface area contributed by atoms with E-state index in [1.807, 2.05) is 0 Å². The standard InChI is InChI=1S/C30H50O3/c1-18-10-13-30(25(32)33)15-14-28(6)21(24(30)19(18)2)8-9-23-27(5)17-20(31)16-26(3,4)22(27)11-12-29(23,28)7/h18-24,31H,8-17H2,1-7H3,(H,32,33)/t18-,19+,20-,21?,22+,23-,24+,27+,28-,29-,30+/m1/s1. The van der Waals surface area contributed by atoms with Gasteiger partial charge in [-0.05, 0) is 121 Å². The summed E-state index contributed by atoms with van der Waals surface area (Å²) in [4.78, 5) is 12.8. The molecule has 1 unspecified atom stereocenters. The normalized spacial score (nSPS) is 57.8. The van der Waals surface area contributed by atoms with E-state index in [2.05, 4.69) is 48.5 Å². The van der Waals surface area contributed by atoms with Crippen molar-refractivity contribution in [3.63, 3.8) is 0 Å². The van der Waals surface area contributed by atoms with Crippen LogP contribution in [0.2, 0.25) is 0 Å². The van der Waals surface area contributed by atoms with Crippen molar-refractivity contribution in [1.82, 2.24) is 0 Å². The lowest BCUT2D eigenvalue weighted by molar-refractivity contribution is -0.256. The molecule has 5 saturated carbocycles. The van der Waals surface area contributed by atoms with Gasteiger partial charge in [0.2, 0.25) is 0 Å². The molecule has 2 N–H and O–H groups in total. The molecule has 0 aromatic heterocycles. The lowest BCUT2D eigenvalue weighted by Crippen LogP contribution is -2.68. The van der Waals surface area contributed by atoms with Crippen molar-refractivity contribution < 1.29 is 15.0 Å². The van der Waals surface area contributed by atoms with E-state index in [0.29, 0.717) is 35.5 Å². The van der Waals surface area contributed by atoms with E-state index >= 15 is 0 Å². The smallest absolute Gasteiger partial charge is 0.309 e. The fourth-order valence-electron chi connectivity index (χ4n) is 11.9. The molecule has 188 valence electrons. The van der Waals surface area contributed by atoms with E-state index in [0.717, 1.165) is 38.5 Å². The maximum atomic E-state index is 12.8. The molecule has 0 amide bonds. The molecule has 11 atom stereocenters. The number of aliphatic carboxylic acids is 1. The summed E-state index contributed by atoms with van der Waals surface area (Å²) in [7, 11) is 0. The van der Waals surface area contributed by atoms with Crippen LogP contribution in [0.25, 0.3) is 0 Å². The second-order valence-corrected chi connectivity index (χ2v) is 15.1. The molecule has 0 saturated heterocycles. The van der Waals surface area contributed by atoms with Gasteiger partial charge in [-0.2, -0.15) is 0 Å². The number of carboxylic acid groups (broad SMARTS) is 1. The van der Waals surface area contributed by atoms with E-state index < -0.39 is 11.4 Å². The van der Waals surface area contributed by atoms with Crippen LogP contribution in [-0.4, -0.2) is 22.3 Å². The average Bonchev–Trinajstić information content (AvgIpc) is 2.69. The van der Waals surface area contributed by atoms with Crippen LogP contribution in [0.4, 0.5) is 0 Å². The van der Waals surface area contributed by atoms with Gasteiger partial charge in [0.25, 0.3) is 0 Å². The largest absolute Gasteiger partial charge is 0.481 e. The Morgan fingerprint density at radius 2 is 1.48 bits per heavy atom.